The van der Waals surface area contributed by atoms with Crippen molar-refractivity contribution in [2.75, 3.05) is 7.11 Å². The molecule has 3 aromatic rings. The molecule has 2 aromatic carbocycles. The molecule has 0 aliphatic carbocycles. The van der Waals surface area contributed by atoms with Gasteiger partial charge in [0.05, 0.1) is 18.2 Å². The first-order valence-corrected chi connectivity index (χ1v) is 7.26. The number of hydrogen-bond acceptors (Lipinski definition) is 3. The molecule has 3 rings (SSSR count). The Hall–Kier alpha value is -2.14. The quantitative estimate of drug-likeness (QED) is 0.793. The van der Waals surface area contributed by atoms with Crippen LogP contribution in [0.2, 0.25) is 0 Å². The number of benzene rings is 2. The van der Waals surface area contributed by atoms with Gasteiger partial charge in [-0.3, -0.25) is 4.79 Å². The van der Waals surface area contributed by atoms with Crippen LogP contribution in [0.25, 0.3) is 10.8 Å². The molecule has 0 saturated carbocycles. The smallest absolute Gasteiger partial charge is 0.272 e. The van der Waals surface area contributed by atoms with Gasteiger partial charge in [-0.25, -0.2) is 5.10 Å². The van der Waals surface area contributed by atoms with Gasteiger partial charge in [-0.2, -0.15) is 5.10 Å². The van der Waals surface area contributed by atoms with Gasteiger partial charge in [-0.15, -0.1) is 0 Å². The second-order valence-corrected chi connectivity index (χ2v) is 5.64. The van der Waals surface area contributed by atoms with Crippen LogP contribution in [-0.4, -0.2) is 17.3 Å². The third kappa shape index (κ3) is 2.83. The number of aromatic amines is 1. The number of aromatic nitrogens is 2. The maximum atomic E-state index is 11.8. The second-order valence-electron chi connectivity index (χ2n) is 4.72. The average Bonchev–Trinajstić information content (AvgIpc) is 2.50. The molecule has 0 fully saturated rings. The first-order chi connectivity index (χ1) is 10.2. The Labute approximate surface area is 129 Å². The number of methoxy groups -OCH3 is 1. The van der Waals surface area contributed by atoms with Gasteiger partial charge in [0.1, 0.15) is 5.75 Å². The summed E-state index contributed by atoms with van der Waals surface area (Å²) in [6.45, 7) is 0. The molecule has 106 valence electrons. The van der Waals surface area contributed by atoms with Crippen LogP contribution in [0, 0.1) is 0 Å². The van der Waals surface area contributed by atoms with Gasteiger partial charge < -0.3 is 4.74 Å². The average molecular weight is 345 g/mol. The third-order valence-corrected chi connectivity index (χ3v) is 3.77. The highest BCUT2D eigenvalue weighted by atomic mass is 79.9. The monoisotopic (exact) mass is 344 g/mol. The van der Waals surface area contributed by atoms with E-state index < -0.39 is 0 Å². The summed E-state index contributed by atoms with van der Waals surface area (Å²) >= 11 is 3.47. The number of rotatable bonds is 3. The molecule has 0 aliphatic heterocycles. The van der Waals surface area contributed by atoms with E-state index in [0.717, 1.165) is 26.9 Å². The van der Waals surface area contributed by atoms with Crippen LogP contribution in [0.4, 0.5) is 0 Å². The zero-order valence-electron chi connectivity index (χ0n) is 11.4. The van der Waals surface area contributed by atoms with Crippen LogP contribution < -0.4 is 10.3 Å². The number of halogens is 1. The molecule has 0 atom stereocenters. The maximum Gasteiger partial charge on any atom is 0.272 e. The molecule has 0 aliphatic rings. The summed E-state index contributed by atoms with van der Waals surface area (Å²) in [4.78, 5) is 11.8. The summed E-state index contributed by atoms with van der Waals surface area (Å²) in [5, 5.41) is 8.28. The van der Waals surface area contributed by atoms with Gasteiger partial charge in [0.2, 0.25) is 0 Å². The van der Waals surface area contributed by atoms with E-state index in [-0.39, 0.29) is 5.56 Å². The molecule has 0 unspecified atom stereocenters. The Morgan fingerprint density at radius 2 is 1.95 bits per heavy atom. The number of H-pyrrole nitrogens is 1. The van der Waals surface area contributed by atoms with Crippen molar-refractivity contribution in [3.63, 3.8) is 0 Å². The number of hydrogen-bond donors (Lipinski definition) is 1. The Morgan fingerprint density at radius 1 is 1.19 bits per heavy atom. The highest BCUT2D eigenvalue weighted by molar-refractivity contribution is 9.10. The van der Waals surface area contributed by atoms with Gasteiger partial charge >= 0.3 is 0 Å². The minimum absolute atomic E-state index is 0.166. The SMILES string of the molecule is COc1cc(Br)cc(Cc2n[nH]c(=O)c3ccccc23)c1. The zero-order valence-corrected chi connectivity index (χ0v) is 13.0. The Balaban J connectivity index is 2.08. The summed E-state index contributed by atoms with van der Waals surface area (Å²) < 4.78 is 6.22. The van der Waals surface area contributed by atoms with Gasteiger partial charge in [-0.05, 0) is 29.8 Å². The molecular formula is C16H13BrN2O2. The molecule has 0 radical (unpaired) electrons. The molecule has 1 N–H and O–H groups in total. The predicted octanol–water partition coefficient (Wildman–Crippen LogP) is 3.29. The van der Waals surface area contributed by atoms with Crippen LogP contribution >= 0.6 is 15.9 Å². The fourth-order valence-corrected chi connectivity index (χ4v) is 2.86. The predicted molar refractivity (Wildman–Crippen MR) is 85.9 cm³/mol. The molecule has 1 aromatic heterocycles. The van der Waals surface area contributed by atoms with E-state index in [1.54, 1.807) is 13.2 Å². The van der Waals surface area contributed by atoms with Crippen molar-refractivity contribution in [3.8, 4) is 5.75 Å². The lowest BCUT2D eigenvalue weighted by Gasteiger charge is -2.07. The standard InChI is InChI=1S/C16H13BrN2O2/c1-21-12-7-10(6-11(17)9-12)8-15-13-4-2-3-5-14(13)16(20)19-18-15/h2-7,9H,8H2,1H3,(H,19,20). The Morgan fingerprint density at radius 3 is 2.71 bits per heavy atom. The van der Waals surface area contributed by atoms with E-state index in [1.165, 1.54) is 0 Å². The lowest BCUT2D eigenvalue weighted by molar-refractivity contribution is 0.414. The molecule has 5 heteroatoms. The van der Waals surface area contributed by atoms with Gasteiger partial charge in [0.25, 0.3) is 5.56 Å². The van der Waals surface area contributed by atoms with Crippen LogP contribution in [0.5, 0.6) is 5.75 Å². The molecule has 0 saturated heterocycles. The number of ether oxygens (including phenoxy) is 1. The molecule has 0 amide bonds. The maximum absolute atomic E-state index is 11.8. The van der Waals surface area contributed by atoms with E-state index >= 15 is 0 Å². The van der Waals surface area contributed by atoms with Gasteiger partial charge in [0, 0.05) is 16.3 Å². The van der Waals surface area contributed by atoms with Crippen LogP contribution in [0.3, 0.4) is 0 Å². The van der Waals surface area contributed by atoms with Crippen molar-refractivity contribution in [2.45, 2.75) is 6.42 Å². The van der Waals surface area contributed by atoms with Crippen molar-refractivity contribution in [2.24, 2.45) is 0 Å². The zero-order chi connectivity index (χ0) is 14.8. The lowest BCUT2D eigenvalue weighted by atomic mass is 10.0. The highest BCUT2D eigenvalue weighted by Gasteiger charge is 2.08. The normalized spacial score (nSPS) is 10.8. The van der Waals surface area contributed by atoms with Crippen molar-refractivity contribution in [3.05, 3.63) is 68.5 Å². The molecule has 0 spiro atoms. The summed E-state index contributed by atoms with van der Waals surface area (Å²) in [6.07, 6.45) is 0.618. The molecule has 4 nitrogen and oxygen atoms in total. The van der Waals surface area contributed by atoms with Crippen molar-refractivity contribution in [1.29, 1.82) is 0 Å². The topological polar surface area (TPSA) is 55.0 Å². The van der Waals surface area contributed by atoms with E-state index in [2.05, 4.69) is 26.1 Å². The fourth-order valence-electron chi connectivity index (χ4n) is 2.34. The van der Waals surface area contributed by atoms with E-state index in [9.17, 15) is 4.79 Å². The second kappa shape index (κ2) is 5.69. The molecule has 1 heterocycles. The molecule has 21 heavy (non-hydrogen) atoms. The summed E-state index contributed by atoms with van der Waals surface area (Å²) in [5.74, 6) is 0.785. The number of nitrogens with zero attached hydrogens (tertiary/aromatic N) is 1. The van der Waals surface area contributed by atoms with Crippen molar-refractivity contribution < 1.29 is 4.74 Å². The summed E-state index contributed by atoms with van der Waals surface area (Å²) in [5.41, 5.74) is 1.73. The minimum atomic E-state index is -0.166. The van der Waals surface area contributed by atoms with Gasteiger partial charge in [0.15, 0.2) is 0 Å². The number of nitrogens with one attached hydrogen (secondary N) is 1. The first kappa shape index (κ1) is 13.8. The number of fused-ring (bicyclic) bond motifs is 1. The van der Waals surface area contributed by atoms with Crippen LogP contribution in [0.1, 0.15) is 11.3 Å². The largest absolute Gasteiger partial charge is 0.497 e. The fraction of sp³-hybridized carbons (Fsp3) is 0.125. The lowest BCUT2D eigenvalue weighted by Crippen LogP contribution is -2.11. The van der Waals surface area contributed by atoms with Crippen molar-refractivity contribution in [1.82, 2.24) is 10.2 Å². The van der Waals surface area contributed by atoms with Crippen LogP contribution in [-0.2, 0) is 6.42 Å². The van der Waals surface area contributed by atoms with Crippen molar-refractivity contribution >= 4 is 26.7 Å². The summed E-state index contributed by atoms with van der Waals surface area (Å²) in [6, 6.07) is 13.4. The van der Waals surface area contributed by atoms with E-state index in [0.29, 0.717) is 11.8 Å². The Kier molecular flexibility index (Phi) is 3.75. The third-order valence-electron chi connectivity index (χ3n) is 3.31. The highest BCUT2D eigenvalue weighted by Crippen LogP contribution is 2.24. The van der Waals surface area contributed by atoms with Gasteiger partial charge in [-0.1, -0.05) is 34.1 Å². The minimum Gasteiger partial charge on any atom is -0.497 e. The van der Waals surface area contributed by atoms with E-state index in [4.69, 9.17) is 4.74 Å². The Bertz CT molecular complexity index is 858. The van der Waals surface area contributed by atoms with E-state index in [1.807, 2.05) is 36.4 Å². The molecular weight excluding hydrogens is 332 g/mol. The van der Waals surface area contributed by atoms with Crippen LogP contribution in [0.15, 0.2) is 51.7 Å². The summed E-state index contributed by atoms with van der Waals surface area (Å²) in [7, 11) is 1.64. The molecule has 0 bridgehead atoms. The first-order valence-electron chi connectivity index (χ1n) is 6.47.